The molecule has 0 aromatic heterocycles. The van der Waals surface area contributed by atoms with Crippen molar-refractivity contribution in [3.8, 4) is 0 Å². The molecule has 88 valence electrons. The molecule has 0 amide bonds. The van der Waals surface area contributed by atoms with Crippen molar-refractivity contribution in [3.05, 3.63) is 65.5 Å². The standard InChI is InChI=1S/C14H12ClFS/c1-17-13-5-3-2-4-12(13)14(15)10-6-8-11(16)9-7-10/h2-9,14H,1H3. The zero-order chi connectivity index (χ0) is 12.3. The first kappa shape index (κ1) is 12.5. The van der Waals surface area contributed by atoms with E-state index in [9.17, 15) is 4.39 Å². The van der Waals surface area contributed by atoms with Gasteiger partial charge in [0, 0.05) is 4.90 Å². The molecule has 0 aliphatic carbocycles. The fourth-order valence-corrected chi connectivity index (χ4v) is 2.72. The van der Waals surface area contributed by atoms with E-state index in [1.807, 2.05) is 30.5 Å². The highest BCUT2D eigenvalue weighted by Gasteiger charge is 2.13. The molecule has 0 saturated carbocycles. The Hall–Kier alpha value is -0.990. The van der Waals surface area contributed by atoms with Gasteiger partial charge in [-0.05, 0) is 35.6 Å². The molecule has 0 N–H and O–H groups in total. The van der Waals surface area contributed by atoms with Crippen LogP contribution in [0.5, 0.6) is 0 Å². The van der Waals surface area contributed by atoms with Gasteiger partial charge in [0.05, 0.1) is 5.38 Å². The van der Waals surface area contributed by atoms with E-state index >= 15 is 0 Å². The van der Waals surface area contributed by atoms with Crippen LogP contribution in [0, 0.1) is 5.82 Å². The summed E-state index contributed by atoms with van der Waals surface area (Å²) in [4.78, 5) is 1.15. The summed E-state index contributed by atoms with van der Waals surface area (Å²) in [5.41, 5.74) is 1.97. The lowest BCUT2D eigenvalue weighted by molar-refractivity contribution is 0.627. The highest BCUT2D eigenvalue weighted by Crippen LogP contribution is 2.34. The van der Waals surface area contributed by atoms with Crippen LogP contribution in [0.15, 0.2) is 53.4 Å². The number of rotatable bonds is 3. The monoisotopic (exact) mass is 266 g/mol. The Balaban J connectivity index is 2.36. The average Bonchev–Trinajstić information content (AvgIpc) is 2.39. The summed E-state index contributed by atoms with van der Waals surface area (Å²) in [6, 6.07) is 14.3. The van der Waals surface area contributed by atoms with Gasteiger partial charge in [-0.15, -0.1) is 23.4 Å². The van der Waals surface area contributed by atoms with E-state index in [1.54, 1.807) is 23.9 Å². The summed E-state index contributed by atoms with van der Waals surface area (Å²) < 4.78 is 12.9. The Morgan fingerprint density at radius 2 is 1.71 bits per heavy atom. The fourth-order valence-electron chi connectivity index (χ4n) is 1.69. The predicted molar refractivity (Wildman–Crippen MR) is 72.3 cm³/mol. The topological polar surface area (TPSA) is 0 Å². The molecule has 0 fully saturated rings. The maximum absolute atomic E-state index is 12.9. The lowest BCUT2D eigenvalue weighted by Gasteiger charge is -2.13. The number of thioether (sulfide) groups is 1. The zero-order valence-electron chi connectivity index (χ0n) is 9.36. The van der Waals surface area contributed by atoms with Crippen LogP contribution in [-0.4, -0.2) is 6.26 Å². The SMILES string of the molecule is CSc1ccccc1C(Cl)c1ccc(F)cc1. The first-order chi connectivity index (χ1) is 8.22. The van der Waals surface area contributed by atoms with Gasteiger partial charge in [0.25, 0.3) is 0 Å². The van der Waals surface area contributed by atoms with Gasteiger partial charge in [0.15, 0.2) is 0 Å². The van der Waals surface area contributed by atoms with Crippen molar-refractivity contribution in [1.82, 2.24) is 0 Å². The highest BCUT2D eigenvalue weighted by atomic mass is 35.5. The third-order valence-corrected chi connectivity index (χ3v) is 3.87. The Morgan fingerprint density at radius 3 is 2.35 bits per heavy atom. The fraction of sp³-hybridized carbons (Fsp3) is 0.143. The molecule has 0 nitrogen and oxygen atoms in total. The molecule has 0 radical (unpaired) electrons. The van der Waals surface area contributed by atoms with Gasteiger partial charge in [0.1, 0.15) is 5.82 Å². The van der Waals surface area contributed by atoms with Crippen molar-refractivity contribution in [2.75, 3.05) is 6.26 Å². The molecular formula is C14H12ClFS. The van der Waals surface area contributed by atoms with Crippen LogP contribution in [0.25, 0.3) is 0 Å². The molecule has 1 unspecified atom stereocenters. The number of hydrogen-bond donors (Lipinski definition) is 0. The number of halogens is 2. The minimum absolute atomic E-state index is 0.237. The van der Waals surface area contributed by atoms with Crippen LogP contribution in [0.4, 0.5) is 4.39 Å². The Bertz CT molecular complexity index is 496. The number of hydrogen-bond acceptors (Lipinski definition) is 1. The van der Waals surface area contributed by atoms with Gasteiger partial charge in [-0.2, -0.15) is 0 Å². The molecule has 2 aromatic carbocycles. The van der Waals surface area contributed by atoms with Crippen molar-refractivity contribution in [2.45, 2.75) is 10.3 Å². The van der Waals surface area contributed by atoms with Crippen LogP contribution in [-0.2, 0) is 0 Å². The van der Waals surface area contributed by atoms with E-state index in [2.05, 4.69) is 0 Å². The van der Waals surface area contributed by atoms with Gasteiger partial charge >= 0.3 is 0 Å². The highest BCUT2D eigenvalue weighted by molar-refractivity contribution is 7.98. The Morgan fingerprint density at radius 1 is 1.06 bits per heavy atom. The van der Waals surface area contributed by atoms with E-state index in [-0.39, 0.29) is 11.2 Å². The maximum atomic E-state index is 12.9. The predicted octanol–water partition coefficient (Wildman–Crippen LogP) is 4.88. The summed E-state index contributed by atoms with van der Waals surface area (Å²) >= 11 is 8.10. The molecule has 0 spiro atoms. The van der Waals surface area contributed by atoms with Crippen molar-refractivity contribution < 1.29 is 4.39 Å². The van der Waals surface area contributed by atoms with Gasteiger partial charge in [0.2, 0.25) is 0 Å². The summed E-state index contributed by atoms with van der Waals surface area (Å²) in [5, 5.41) is -0.237. The van der Waals surface area contributed by atoms with Crippen LogP contribution in [0.1, 0.15) is 16.5 Å². The zero-order valence-corrected chi connectivity index (χ0v) is 10.9. The minimum atomic E-state index is -0.240. The largest absolute Gasteiger partial charge is 0.207 e. The van der Waals surface area contributed by atoms with Crippen molar-refractivity contribution >= 4 is 23.4 Å². The van der Waals surface area contributed by atoms with E-state index in [0.717, 1.165) is 16.0 Å². The number of benzene rings is 2. The second kappa shape index (κ2) is 5.56. The first-order valence-corrected chi connectivity index (χ1v) is 6.91. The lowest BCUT2D eigenvalue weighted by Crippen LogP contribution is -1.95. The van der Waals surface area contributed by atoms with E-state index in [0.29, 0.717) is 0 Å². The van der Waals surface area contributed by atoms with E-state index in [1.165, 1.54) is 12.1 Å². The second-order valence-electron chi connectivity index (χ2n) is 3.66. The van der Waals surface area contributed by atoms with Gasteiger partial charge in [-0.1, -0.05) is 30.3 Å². The quantitative estimate of drug-likeness (QED) is 0.564. The number of alkyl halides is 1. The maximum Gasteiger partial charge on any atom is 0.123 e. The molecule has 0 heterocycles. The molecule has 3 heteroatoms. The van der Waals surface area contributed by atoms with Crippen molar-refractivity contribution in [1.29, 1.82) is 0 Å². The molecule has 0 aliphatic rings. The summed E-state index contributed by atoms with van der Waals surface area (Å²) in [5.74, 6) is -0.240. The normalized spacial score (nSPS) is 12.4. The van der Waals surface area contributed by atoms with Gasteiger partial charge < -0.3 is 0 Å². The molecule has 0 bridgehead atoms. The molecule has 2 aromatic rings. The van der Waals surface area contributed by atoms with Gasteiger partial charge in [-0.3, -0.25) is 0 Å². The molecule has 2 rings (SSSR count). The summed E-state index contributed by atoms with van der Waals surface area (Å²) in [6.45, 7) is 0. The summed E-state index contributed by atoms with van der Waals surface area (Å²) in [7, 11) is 0. The second-order valence-corrected chi connectivity index (χ2v) is 4.94. The molecule has 0 aliphatic heterocycles. The smallest absolute Gasteiger partial charge is 0.123 e. The van der Waals surface area contributed by atoms with E-state index in [4.69, 9.17) is 11.6 Å². The van der Waals surface area contributed by atoms with Crippen LogP contribution in [0.3, 0.4) is 0 Å². The van der Waals surface area contributed by atoms with Crippen molar-refractivity contribution in [3.63, 3.8) is 0 Å². The molecule has 0 saturated heterocycles. The third kappa shape index (κ3) is 2.82. The average molecular weight is 267 g/mol. The van der Waals surface area contributed by atoms with Crippen LogP contribution < -0.4 is 0 Å². The summed E-state index contributed by atoms with van der Waals surface area (Å²) in [6.07, 6.45) is 2.02. The Labute approximate surface area is 110 Å². The lowest BCUT2D eigenvalue weighted by atomic mass is 10.0. The molecular weight excluding hydrogens is 255 g/mol. The van der Waals surface area contributed by atoms with Gasteiger partial charge in [-0.25, -0.2) is 4.39 Å². The molecule has 1 atom stereocenters. The van der Waals surface area contributed by atoms with E-state index < -0.39 is 0 Å². The minimum Gasteiger partial charge on any atom is -0.207 e. The molecule has 17 heavy (non-hydrogen) atoms. The van der Waals surface area contributed by atoms with Crippen LogP contribution in [0.2, 0.25) is 0 Å². The Kier molecular flexibility index (Phi) is 4.08. The first-order valence-electron chi connectivity index (χ1n) is 5.25. The van der Waals surface area contributed by atoms with Crippen LogP contribution >= 0.6 is 23.4 Å². The third-order valence-electron chi connectivity index (χ3n) is 2.57. The van der Waals surface area contributed by atoms with Crippen molar-refractivity contribution in [2.24, 2.45) is 0 Å².